The van der Waals surface area contributed by atoms with Gasteiger partial charge < -0.3 is 10.4 Å². The minimum absolute atomic E-state index is 0.0989. The fourth-order valence-electron chi connectivity index (χ4n) is 2.75. The van der Waals surface area contributed by atoms with Gasteiger partial charge in [0.25, 0.3) is 0 Å². The van der Waals surface area contributed by atoms with Crippen molar-refractivity contribution >= 4 is 21.8 Å². The Morgan fingerprint density at radius 3 is 2.70 bits per heavy atom. The largest absolute Gasteiger partial charge is 0.393 e. The summed E-state index contributed by atoms with van der Waals surface area (Å²) < 4.78 is 1.05. The van der Waals surface area contributed by atoms with Crippen LogP contribution in [0.15, 0.2) is 28.7 Å². The quantitative estimate of drug-likeness (QED) is 0.865. The highest BCUT2D eigenvalue weighted by Crippen LogP contribution is 2.25. The van der Waals surface area contributed by atoms with E-state index in [9.17, 15) is 9.90 Å². The van der Waals surface area contributed by atoms with Crippen LogP contribution in [0.1, 0.15) is 44.1 Å². The Hall–Kier alpha value is -0.870. The molecule has 1 aromatic rings. The van der Waals surface area contributed by atoms with Crippen LogP contribution in [0.2, 0.25) is 0 Å². The summed E-state index contributed by atoms with van der Waals surface area (Å²) in [6, 6.07) is 8.11. The van der Waals surface area contributed by atoms with Crippen molar-refractivity contribution in [2.75, 3.05) is 6.54 Å². The first-order valence-electron chi connectivity index (χ1n) is 7.25. The zero-order valence-electron chi connectivity index (χ0n) is 11.8. The van der Waals surface area contributed by atoms with Gasteiger partial charge in [-0.3, -0.25) is 4.79 Å². The van der Waals surface area contributed by atoms with Crippen LogP contribution in [-0.4, -0.2) is 23.7 Å². The number of halogens is 1. The summed E-state index contributed by atoms with van der Waals surface area (Å²) in [6.07, 6.45) is 3.05. The zero-order valence-corrected chi connectivity index (χ0v) is 13.4. The average Bonchev–Trinajstić information content (AvgIpc) is 2.83. The van der Waals surface area contributed by atoms with Crippen molar-refractivity contribution in [1.29, 1.82) is 0 Å². The normalized spacial score (nSPS) is 23.6. The third-order valence-electron chi connectivity index (χ3n) is 4.03. The molecule has 3 nitrogen and oxygen atoms in total. The molecule has 2 N–H and O–H groups in total. The average molecular weight is 340 g/mol. The molecule has 0 bridgehead atoms. The summed E-state index contributed by atoms with van der Waals surface area (Å²) >= 11 is 3.41. The number of aliphatic hydroxyl groups is 1. The molecule has 4 heteroatoms. The van der Waals surface area contributed by atoms with Gasteiger partial charge in [-0.25, -0.2) is 0 Å². The van der Waals surface area contributed by atoms with Crippen LogP contribution in [0.4, 0.5) is 0 Å². The second-order valence-corrected chi connectivity index (χ2v) is 6.71. The highest BCUT2D eigenvalue weighted by atomic mass is 79.9. The van der Waals surface area contributed by atoms with E-state index < -0.39 is 0 Å². The lowest BCUT2D eigenvalue weighted by Gasteiger charge is -2.14. The maximum atomic E-state index is 11.9. The van der Waals surface area contributed by atoms with E-state index in [0.29, 0.717) is 18.9 Å². The Balaban J connectivity index is 1.75. The SMILES string of the molecule is CC(CC(=O)NCC1CCC(O)C1)c1ccc(Br)cc1. The Morgan fingerprint density at radius 1 is 1.40 bits per heavy atom. The number of hydrogen-bond acceptors (Lipinski definition) is 2. The number of nitrogens with one attached hydrogen (secondary N) is 1. The molecule has 3 unspecified atom stereocenters. The van der Waals surface area contributed by atoms with Crippen LogP contribution in [0, 0.1) is 5.92 Å². The van der Waals surface area contributed by atoms with E-state index in [1.54, 1.807) is 0 Å². The van der Waals surface area contributed by atoms with Crippen LogP contribution in [0.25, 0.3) is 0 Å². The molecular weight excluding hydrogens is 318 g/mol. The molecule has 0 saturated heterocycles. The molecule has 1 fully saturated rings. The van der Waals surface area contributed by atoms with Gasteiger partial charge in [0.1, 0.15) is 0 Å². The highest BCUT2D eigenvalue weighted by Gasteiger charge is 2.23. The van der Waals surface area contributed by atoms with E-state index in [1.807, 2.05) is 12.1 Å². The summed E-state index contributed by atoms with van der Waals surface area (Å²) in [5, 5.41) is 12.5. The van der Waals surface area contributed by atoms with Crippen LogP contribution < -0.4 is 5.32 Å². The minimum Gasteiger partial charge on any atom is -0.393 e. The molecule has 0 heterocycles. The van der Waals surface area contributed by atoms with Crippen molar-refractivity contribution in [1.82, 2.24) is 5.32 Å². The monoisotopic (exact) mass is 339 g/mol. The Labute approximate surface area is 128 Å². The van der Waals surface area contributed by atoms with E-state index in [0.717, 1.165) is 23.7 Å². The van der Waals surface area contributed by atoms with Gasteiger partial charge in [0.2, 0.25) is 5.91 Å². The lowest BCUT2D eigenvalue weighted by Crippen LogP contribution is -2.29. The van der Waals surface area contributed by atoms with E-state index in [4.69, 9.17) is 0 Å². The summed E-state index contributed by atoms with van der Waals surface area (Å²) in [7, 11) is 0. The molecule has 110 valence electrons. The number of carbonyl (C=O) groups excluding carboxylic acids is 1. The molecular formula is C16H22BrNO2. The molecule has 2 rings (SSSR count). The Kier molecular flexibility index (Phi) is 5.61. The maximum Gasteiger partial charge on any atom is 0.220 e. The fraction of sp³-hybridized carbons (Fsp3) is 0.562. The van der Waals surface area contributed by atoms with Crippen molar-refractivity contribution in [3.8, 4) is 0 Å². The van der Waals surface area contributed by atoms with E-state index in [-0.39, 0.29) is 17.9 Å². The molecule has 0 radical (unpaired) electrons. The standard InChI is InChI=1S/C16H22BrNO2/c1-11(13-3-5-14(17)6-4-13)8-16(20)18-10-12-2-7-15(19)9-12/h3-6,11-12,15,19H,2,7-10H2,1H3,(H,18,20). The van der Waals surface area contributed by atoms with Crippen molar-refractivity contribution in [3.63, 3.8) is 0 Å². The van der Waals surface area contributed by atoms with Gasteiger partial charge in [-0.2, -0.15) is 0 Å². The number of benzene rings is 1. The Bertz CT molecular complexity index is 446. The molecule has 1 amide bonds. The van der Waals surface area contributed by atoms with Crippen LogP contribution >= 0.6 is 15.9 Å². The van der Waals surface area contributed by atoms with Gasteiger partial charge in [-0.05, 0) is 48.8 Å². The molecule has 20 heavy (non-hydrogen) atoms. The van der Waals surface area contributed by atoms with Crippen molar-refractivity contribution < 1.29 is 9.90 Å². The summed E-state index contributed by atoms with van der Waals surface area (Å²) in [5.41, 5.74) is 1.18. The van der Waals surface area contributed by atoms with E-state index in [2.05, 4.69) is 40.3 Å². The van der Waals surface area contributed by atoms with E-state index in [1.165, 1.54) is 5.56 Å². The second-order valence-electron chi connectivity index (χ2n) is 5.79. The van der Waals surface area contributed by atoms with Crippen LogP contribution in [-0.2, 0) is 4.79 Å². The second kappa shape index (κ2) is 7.23. The van der Waals surface area contributed by atoms with Gasteiger partial charge in [0.05, 0.1) is 6.10 Å². The first-order chi connectivity index (χ1) is 9.54. The molecule has 3 atom stereocenters. The molecule has 1 aliphatic rings. The number of aliphatic hydroxyl groups excluding tert-OH is 1. The lowest BCUT2D eigenvalue weighted by molar-refractivity contribution is -0.121. The number of amides is 1. The number of rotatable bonds is 5. The molecule has 1 aliphatic carbocycles. The number of carbonyl (C=O) groups is 1. The van der Waals surface area contributed by atoms with Gasteiger partial charge >= 0.3 is 0 Å². The topological polar surface area (TPSA) is 49.3 Å². The maximum absolute atomic E-state index is 11.9. The predicted molar refractivity (Wildman–Crippen MR) is 83.5 cm³/mol. The van der Waals surface area contributed by atoms with Gasteiger partial charge in [0.15, 0.2) is 0 Å². The first-order valence-corrected chi connectivity index (χ1v) is 8.04. The van der Waals surface area contributed by atoms with Gasteiger partial charge in [0, 0.05) is 17.4 Å². The Morgan fingerprint density at radius 2 is 2.10 bits per heavy atom. The molecule has 0 aromatic heterocycles. The summed E-state index contributed by atoms with van der Waals surface area (Å²) in [5.74, 6) is 0.760. The third-order valence-corrected chi connectivity index (χ3v) is 4.56. The lowest BCUT2D eigenvalue weighted by atomic mass is 9.97. The van der Waals surface area contributed by atoms with Gasteiger partial charge in [-0.15, -0.1) is 0 Å². The van der Waals surface area contributed by atoms with Gasteiger partial charge in [-0.1, -0.05) is 35.0 Å². The first kappa shape index (κ1) is 15.5. The predicted octanol–water partition coefficient (Wildman–Crippen LogP) is 3.22. The smallest absolute Gasteiger partial charge is 0.220 e. The third kappa shape index (κ3) is 4.60. The fourth-order valence-corrected chi connectivity index (χ4v) is 3.02. The van der Waals surface area contributed by atoms with Crippen LogP contribution in [0.3, 0.4) is 0 Å². The molecule has 1 aromatic carbocycles. The van der Waals surface area contributed by atoms with Crippen molar-refractivity contribution in [3.05, 3.63) is 34.3 Å². The van der Waals surface area contributed by atoms with E-state index >= 15 is 0 Å². The van der Waals surface area contributed by atoms with Crippen molar-refractivity contribution in [2.45, 2.75) is 44.6 Å². The van der Waals surface area contributed by atoms with Crippen LogP contribution in [0.5, 0.6) is 0 Å². The van der Waals surface area contributed by atoms with Crippen molar-refractivity contribution in [2.24, 2.45) is 5.92 Å². The number of hydrogen-bond donors (Lipinski definition) is 2. The molecule has 0 spiro atoms. The molecule has 1 saturated carbocycles. The highest BCUT2D eigenvalue weighted by molar-refractivity contribution is 9.10. The summed E-state index contributed by atoms with van der Waals surface area (Å²) in [6.45, 7) is 2.77. The zero-order chi connectivity index (χ0) is 14.5. The summed E-state index contributed by atoms with van der Waals surface area (Å²) in [4.78, 5) is 11.9. The minimum atomic E-state index is -0.168. The molecule has 0 aliphatic heterocycles.